The topological polar surface area (TPSA) is 111 Å². The summed E-state index contributed by atoms with van der Waals surface area (Å²) in [5.74, 6) is -2.25. The minimum atomic E-state index is -1.62. The second kappa shape index (κ2) is 76.0. The Morgan fingerprint density at radius 3 is 0.904 bits per heavy atom. The van der Waals surface area contributed by atoms with Crippen LogP contribution >= 0.6 is 0 Å². The Hall–Kier alpha value is -2.75. The minimum absolute atomic E-state index is 0.151. The Bertz CT molecular complexity index is 1680. The number of quaternary nitrogens is 1. The van der Waals surface area contributed by atoms with Crippen molar-refractivity contribution in [3.63, 3.8) is 0 Å². The molecule has 0 fully saturated rings. The molecule has 0 aliphatic carbocycles. The van der Waals surface area contributed by atoms with Crippen molar-refractivity contribution >= 4 is 17.9 Å². The summed E-state index contributed by atoms with van der Waals surface area (Å²) in [4.78, 5) is 37.6. The van der Waals surface area contributed by atoms with E-state index in [9.17, 15) is 19.5 Å². The summed E-state index contributed by atoms with van der Waals surface area (Å²) in [5.41, 5.74) is 0. The van der Waals surface area contributed by atoms with Gasteiger partial charge in [-0.3, -0.25) is 9.59 Å². The number of hydrogen-bond acceptors (Lipinski definition) is 8. The van der Waals surface area contributed by atoms with Crippen LogP contribution in [0.4, 0.5) is 0 Å². The predicted molar refractivity (Wildman–Crippen MR) is 403 cm³/mol. The molecule has 552 valence electrons. The van der Waals surface area contributed by atoms with Crippen molar-refractivity contribution in [2.75, 3.05) is 47.5 Å². The largest absolute Gasteiger partial charge is 0.545 e. The van der Waals surface area contributed by atoms with Gasteiger partial charge in [-0.1, -0.05) is 403 Å². The number of allylic oxidation sites excluding steroid dienone is 8. The monoisotopic (exact) mass is 1320 g/mol. The van der Waals surface area contributed by atoms with E-state index in [1.165, 1.54) is 327 Å². The third kappa shape index (κ3) is 76.6. The number of ether oxygens (including phenoxy) is 4. The van der Waals surface area contributed by atoms with Gasteiger partial charge in [0.1, 0.15) is 13.2 Å². The van der Waals surface area contributed by atoms with Crippen molar-refractivity contribution in [2.24, 2.45) is 0 Å². The molecular formula is C85H159NO8. The molecule has 2 unspecified atom stereocenters. The summed E-state index contributed by atoms with van der Waals surface area (Å²) in [6.07, 6.45) is 96.8. The first kappa shape index (κ1) is 91.2. The second-order valence-corrected chi connectivity index (χ2v) is 29.4. The summed E-state index contributed by atoms with van der Waals surface area (Å²) >= 11 is 0. The second-order valence-electron chi connectivity index (χ2n) is 29.4. The number of carbonyl (C=O) groups excluding carboxylic acids is 3. The van der Waals surface area contributed by atoms with Crippen molar-refractivity contribution < 1.29 is 42.9 Å². The third-order valence-corrected chi connectivity index (χ3v) is 18.8. The molecule has 0 heterocycles. The van der Waals surface area contributed by atoms with Crippen LogP contribution in [0.2, 0.25) is 0 Å². The number of carbonyl (C=O) groups is 3. The summed E-state index contributed by atoms with van der Waals surface area (Å²) in [6.45, 7) is 4.72. The summed E-state index contributed by atoms with van der Waals surface area (Å²) in [7, 11) is 5.95. The number of hydrogen-bond donors (Lipinski definition) is 0. The average Bonchev–Trinajstić information content (AvgIpc) is 3.76. The summed E-state index contributed by atoms with van der Waals surface area (Å²) in [5, 5.41) is 11.9. The first-order valence-electron chi connectivity index (χ1n) is 41.3. The Labute approximate surface area is 584 Å². The van der Waals surface area contributed by atoms with Crippen molar-refractivity contribution in [3.8, 4) is 0 Å². The van der Waals surface area contributed by atoms with Crippen LogP contribution in [-0.4, -0.2) is 82.3 Å². The lowest BCUT2D eigenvalue weighted by atomic mass is 10.0. The molecular weight excluding hydrogens is 1160 g/mol. The molecule has 0 aromatic rings. The zero-order valence-electron chi connectivity index (χ0n) is 63.4. The van der Waals surface area contributed by atoms with Crippen LogP contribution in [0.1, 0.15) is 418 Å². The first-order chi connectivity index (χ1) is 46.1. The van der Waals surface area contributed by atoms with Crippen molar-refractivity contribution in [1.82, 2.24) is 0 Å². The van der Waals surface area contributed by atoms with Crippen molar-refractivity contribution in [3.05, 3.63) is 48.6 Å². The molecule has 0 aromatic carbocycles. The quantitative estimate of drug-likeness (QED) is 0.0195. The van der Waals surface area contributed by atoms with Gasteiger partial charge in [0, 0.05) is 12.8 Å². The lowest BCUT2D eigenvalue weighted by Crippen LogP contribution is -2.44. The molecule has 0 aliphatic rings. The standard InChI is InChI=1S/C85H159NO8/c1-6-8-10-12-14-16-18-20-22-24-26-28-30-32-34-36-38-40-42-44-46-48-50-52-54-56-58-60-62-64-66-68-70-72-74-76-83(88)94-81(80-93-85(84(89)90)91-78-77-86(3,4)5)79-92-82(87)75-73-71-69-67-65-63-61-59-57-55-53-51-49-47-45-43-41-39-37-35-33-31-29-27-25-23-21-19-17-15-13-11-9-7-2/h8,10,14,16,20,22,26,28,81,85H,6-7,9,11-13,15,17-19,21,23-25,27,29-80H2,1-5H3/b10-8-,16-14-,22-20-,28-26-. The van der Waals surface area contributed by atoms with Gasteiger partial charge in [-0.25, -0.2) is 0 Å². The van der Waals surface area contributed by atoms with E-state index in [-0.39, 0.29) is 32.2 Å². The number of nitrogens with zero attached hydrogens (tertiary/aromatic N) is 1. The Kier molecular flexibility index (Phi) is 73.8. The molecule has 0 spiro atoms. The highest BCUT2D eigenvalue weighted by Crippen LogP contribution is 2.20. The van der Waals surface area contributed by atoms with E-state index in [1.807, 2.05) is 21.1 Å². The molecule has 0 saturated heterocycles. The summed E-state index contributed by atoms with van der Waals surface area (Å²) < 4.78 is 22.9. The van der Waals surface area contributed by atoms with E-state index in [4.69, 9.17) is 18.9 Å². The number of aliphatic carboxylic acids is 1. The molecule has 9 nitrogen and oxygen atoms in total. The Morgan fingerprint density at radius 1 is 0.330 bits per heavy atom. The molecule has 0 amide bonds. The van der Waals surface area contributed by atoms with Gasteiger partial charge in [0.05, 0.1) is 40.3 Å². The fraction of sp³-hybridized carbons (Fsp3) is 0.871. The number of esters is 2. The van der Waals surface area contributed by atoms with Gasteiger partial charge in [0.25, 0.3) is 0 Å². The summed E-state index contributed by atoms with van der Waals surface area (Å²) in [6, 6.07) is 0. The molecule has 0 N–H and O–H groups in total. The van der Waals surface area contributed by atoms with E-state index in [0.29, 0.717) is 17.4 Å². The lowest BCUT2D eigenvalue weighted by Gasteiger charge is -2.26. The number of likely N-dealkylation sites (N-methyl/N-ethyl adjacent to an activating group) is 1. The van der Waals surface area contributed by atoms with E-state index < -0.39 is 24.3 Å². The van der Waals surface area contributed by atoms with Crippen LogP contribution in [0.25, 0.3) is 0 Å². The number of carboxylic acid groups (broad SMARTS) is 1. The van der Waals surface area contributed by atoms with Crippen LogP contribution in [0, 0.1) is 0 Å². The smallest absolute Gasteiger partial charge is 0.306 e. The van der Waals surface area contributed by atoms with E-state index in [1.54, 1.807) is 0 Å². The van der Waals surface area contributed by atoms with E-state index in [2.05, 4.69) is 62.5 Å². The number of rotatable bonds is 78. The van der Waals surface area contributed by atoms with Crippen LogP contribution in [0.5, 0.6) is 0 Å². The van der Waals surface area contributed by atoms with Crippen LogP contribution in [0.3, 0.4) is 0 Å². The Morgan fingerprint density at radius 2 is 0.606 bits per heavy atom. The van der Waals surface area contributed by atoms with Gasteiger partial charge >= 0.3 is 11.9 Å². The maximum Gasteiger partial charge on any atom is 0.306 e. The normalized spacial score (nSPS) is 12.8. The van der Waals surface area contributed by atoms with Crippen LogP contribution in [0.15, 0.2) is 48.6 Å². The van der Waals surface area contributed by atoms with Crippen LogP contribution in [-0.2, 0) is 33.3 Å². The highest BCUT2D eigenvalue weighted by molar-refractivity contribution is 5.70. The SMILES string of the molecule is CC/C=C\C/C=C\C/C=C\C/C=C\CCCCCCCCCCCCCCCCCCCCCCCCC(=O)OC(COC(=O)CCCCCCCCCCCCCCCCCCCCCCCCCCCCCCCCCCCC)COC(OCC[N+](C)(C)C)C(=O)[O-]. The molecule has 0 bridgehead atoms. The Balaban J connectivity index is 3.95. The molecule has 0 radical (unpaired) electrons. The molecule has 0 aromatic heterocycles. The zero-order chi connectivity index (χ0) is 68.2. The molecule has 0 saturated carbocycles. The highest BCUT2D eigenvalue weighted by Gasteiger charge is 2.22. The van der Waals surface area contributed by atoms with Gasteiger partial charge in [-0.2, -0.15) is 0 Å². The maximum atomic E-state index is 13.0. The van der Waals surface area contributed by atoms with E-state index >= 15 is 0 Å². The maximum absolute atomic E-state index is 13.0. The number of unbranched alkanes of at least 4 members (excludes halogenated alkanes) is 55. The predicted octanol–water partition coefficient (Wildman–Crippen LogP) is 25.1. The van der Waals surface area contributed by atoms with E-state index in [0.717, 1.165) is 64.2 Å². The molecule has 0 rings (SSSR count). The van der Waals surface area contributed by atoms with Crippen molar-refractivity contribution in [2.45, 2.75) is 431 Å². The van der Waals surface area contributed by atoms with Gasteiger partial charge in [-0.15, -0.1) is 0 Å². The highest BCUT2D eigenvalue weighted by atomic mass is 16.7. The minimum Gasteiger partial charge on any atom is -0.545 e. The fourth-order valence-electron chi connectivity index (χ4n) is 12.6. The zero-order valence-corrected chi connectivity index (χ0v) is 63.4. The molecule has 94 heavy (non-hydrogen) atoms. The molecule has 0 aliphatic heterocycles. The van der Waals surface area contributed by atoms with Crippen molar-refractivity contribution in [1.29, 1.82) is 0 Å². The average molecular weight is 1320 g/mol. The number of carboxylic acids is 1. The third-order valence-electron chi connectivity index (χ3n) is 18.8. The van der Waals surface area contributed by atoms with Gasteiger partial charge < -0.3 is 33.3 Å². The van der Waals surface area contributed by atoms with Crippen LogP contribution < -0.4 is 5.11 Å². The van der Waals surface area contributed by atoms with Gasteiger partial charge in [0.15, 0.2) is 12.4 Å². The molecule has 9 heteroatoms. The first-order valence-corrected chi connectivity index (χ1v) is 41.3. The van der Waals surface area contributed by atoms with Gasteiger partial charge in [-0.05, 0) is 51.4 Å². The molecule has 2 atom stereocenters. The lowest BCUT2D eigenvalue weighted by molar-refractivity contribution is -0.870. The van der Waals surface area contributed by atoms with Gasteiger partial charge in [0.2, 0.25) is 0 Å². The fourth-order valence-corrected chi connectivity index (χ4v) is 12.6.